The van der Waals surface area contributed by atoms with Crippen molar-refractivity contribution in [3.63, 3.8) is 0 Å². The van der Waals surface area contributed by atoms with Crippen LogP contribution in [0.3, 0.4) is 0 Å². The molecule has 174 valence electrons. The predicted molar refractivity (Wildman–Crippen MR) is 134 cm³/mol. The van der Waals surface area contributed by atoms with E-state index in [-0.39, 0.29) is 18.3 Å². The number of aliphatic hydroxyl groups is 1. The quantitative estimate of drug-likeness (QED) is 0.406. The maximum absolute atomic E-state index is 12.7. The molecule has 6 heteroatoms. The van der Waals surface area contributed by atoms with Crippen LogP contribution in [0.25, 0.3) is 11.1 Å². The summed E-state index contributed by atoms with van der Waals surface area (Å²) in [6.07, 6.45) is 1.86. The minimum atomic E-state index is -0.0733. The highest BCUT2D eigenvalue weighted by atomic mass is 16.3. The summed E-state index contributed by atoms with van der Waals surface area (Å²) >= 11 is 0. The third kappa shape index (κ3) is 4.34. The Labute approximate surface area is 199 Å². The number of likely N-dealkylation sites (tertiary alicyclic amines) is 1. The van der Waals surface area contributed by atoms with Crippen molar-refractivity contribution in [2.75, 3.05) is 30.3 Å². The topological polar surface area (TPSA) is 81.7 Å². The number of aliphatic hydroxyl groups excluding tert-OH is 1. The summed E-state index contributed by atoms with van der Waals surface area (Å²) in [7, 11) is 0. The summed E-state index contributed by atoms with van der Waals surface area (Å²) in [5.41, 5.74) is 6.95. The van der Waals surface area contributed by atoms with E-state index < -0.39 is 0 Å². The van der Waals surface area contributed by atoms with Gasteiger partial charge in [0, 0.05) is 47.2 Å². The number of para-hydroxylation sites is 1. The van der Waals surface area contributed by atoms with Gasteiger partial charge in [0.15, 0.2) is 5.78 Å². The lowest BCUT2D eigenvalue weighted by molar-refractivity contribution is -0.117. The summed E-state index contributed by atoms with van der Waals surface area (Å²) in [5, 5.41) is 16.2. The Morgan fingerprint density at radius 3 is 2.47 bits per heavy atom. The lowest BCUT2D eigenvalue weighted by Crippen LogP contribution is -2.42. The SMILES string of the molecule is Cc1cccc(CO)c1NC1CCN(CC(=O)Nc2ccc3c(c2)C(=O)c2ccccc2-3)CC1. The Balaban J connectivity index is 1.16. The van der Waals surface area contributed by atoms with E-state index in [0.29, 0.717) is 29.4 Å². The molecule has 1 aliphatic carbocycles. The molecular weight excluding hydrogens is 426 g/mol. The summed E-state index contributed by atoms with van der Waals surface area (Å²) < 4.78 is 0. The number of benzene rings is 3. The monoisotopic (exact) mass is 455 g/mol. The first-order valence-corrected chi connectivity index (χ1v) is 11.8. The fourth-order valence-electron chi connectivity index (χ4n) is 5.02. The highest BCUT2D eigenvalue weighted by Crippen LogP contribution is 2.37. The van der Waals surface area contributed by atoms with Gasteiger partial charge in [0.05, 0.1) is 13.2 Å². The first-order valence-electron chi connectivity index (χ1n) is 11.8. The molecule has 5 rings (SSSR count). The Kier molecular flexibility index (Phi) is 6.18. The number of piperidine rings is 1. The standard InChI is InChI=1S/C28H29N3O3/c1-18-5-4-6-19(17-32)27(18)30-20-11-13-31(14-12-20)16-26(33)29-21-9-10-23-22-7-2-3-8-24(22)28(34)25(23)15-21/h2-10,15,20,30,32H,11-14,16-17H2,1H3,(H,29,33). The molecule has 3 N–H and O–H groups in total. The number of ketones is 1. The van der Waals surface area contributed by atoms with E-state index in [4.69, 9.17) is 0 Å². The number of hydrogen-bond donors (Lipinski definition) is 3. The molecule has 0 unspecified atom stereocenters. The number of aryl methyl sites for hydroxylation is 1. The molecule has 0 radical (unpaired) electrons. The molecule has 0 saturated carbocycles. The van der Waals surface area contributed by atoms with Crippen molar-refractivity contribution in [1.29, 1.82) is 0 Å². The number of rotatable bonds is 6. The lowest BCUT2D eigenvalue weighted by atomic mass is 10.0. The highest BCUT2D eigenvalue weighted by Gasteiger charge is 2.27. The number of nitrogens with zero attached hydrogens (tertiary/aromatic N) is 1. The zero-order valence-electron chi connectivity index (χ0n) is 19.3. The summed E-state index contributed by atoms with van der Waals surface area (Å²) in [5.74, 6) is -0.0648. The maximum atomic E-state index is 12.7. The van der Waals surface area contributed by atoms with Gasteiger partial charge in [-0.3, -0.25) is 14.5 Å². The normalized spacial score (nSPS) is 15.6. The molecule has 1 amide bonds. The van der Waals surface area contributed by atoms with E-state index in [2.05, 4.69) is 15.5 Å². The number of nitrogens with one attached hydrogen (secondary N) is 2. The van der Waals surface area contributed by atoms with Crippen LogP contribution in [0.4, 0.5) is 11.4 Å². The van der Waals surface area contributed by atoms with Crippen molar-refractivity contribution in [3.8, 4) is 11.1 Å². The average molecular weight is 456 g/mol. The molecule has 0 aromatic heterocycles. The van der Waals surface area contributed by atoms with Gasteiger partial charge in [-0.25, -0.2) is 0 Å². The fourth-order valence-corrected chi connectivity index (χ4v) is 5.02. The first kappa shape index (κ1) is 22.3. The van der Waals surface area contributed by atoms with Crippen molar-refractivity contribution < 1.29 is 14.7 Å². The molecule has 1 fully saturated rings. The molecule has 0 bridgehead atoms. The first-order chi connectivity index (χ1) is 16.5. The Morgan fingerprint density at radius 1 is 0.971 bits per heavy atom. The molecule has 2 aliphatic rings. The summed E-state index contributed by atoms with van der Waals surface area (Å²) in [6, 6.07) is 19.4. The van der Waals surface area contributed by atoms with Crippen LogP contribution in [0.2, 0.25) is 0 Å². The van der Waals surface area contributed by atoms with Crippen LogP contribution in [0.15, 0.2) is 60.7 Å². The zero-order chi connectivity index (χ0) is 23.7. The number of anilines is 2. The molecule has 1 aliphatic heterocycles. The van der Waals surface area contributed by atoms with Crippen molar-refractivity contribution >= 4 is 23.1 Å². The van der Waals surface area contributed by atoms with Gasteiger partial charge < -0.3 is 15.7 Å². The van der Waals surface area contributed by atoms with Crippen molar-refractivity contribution in [3.05, 3.63) is 82.9 Å². The second-order valence-electron chi connectivity index (χ2n) is 9.15. The number of fused-ring (bicyclic) bond motifs is 3. The van der Waals surface area contributed by atoms with E-state index in [1.54, 1.807) is 6.07 Å². The fraction of sp³-hybridized carbons (Fsp3) is 0.286. The largest absolute Gasteiger partial charge is 0.392 e. The van der Waals surface area contributed by atoms with Crippen LogP contribution in [-0.2, 0) is 11.4 Å². The van der Waals surface area contributed by atoms with Gasteiger partial charge in [-0.1, -0.05) is 48.5 Å². The van der Waals surface area contributed by atoms with Crippen LogP contribution in [-0.4, -0.2) is 47.4 Å². The van der Waals surface area contributed by atoms with Crippen LogP contribution in [0, 0.1) is 6.92 Å². The smallest absolute Gasteiger partial charge is 0.238 e. The minimum Gasteiger partial charge on any atom is -0.392 e. The number of hydrogen-bond acceptors (Lipinski definition) is 5. The summed E-state index contributed by atoms with van der Waals surface area (Å²) in [6.45, 7) is 4.03. The van der Waals surface area contributed by atoms with Crippen LogP contribution in [0.5, 0.6) is 0 Å². The van der Waals surface area contributed by atoms with Crippen molar-refractivity contribution in [1.82, 2.24) is 4.90 Å². The third-order valence-corrected chi connectivity index (χ3v) is 6.84. The predicted octanol–water partition coefficient (Wildman–Crippen LogP) is 4.21. The van der Waals surface area contributed by atoms with E-state index in [1.165, 1.54) is 0 Å². The summed E-state index contributed by atoms with van der Waals surface area (Å²) in [4.78, 5) is 27.6. The Morgan fingerprint density at radius 2 is 1.71 bits per heavy atom. The van der Waals surface area contributed by atoms with E-state index in [9.17, 15) is 14.7 Å². The Bertz CT molecular complexity index is 1250. The molecular formula is C28H29N3O3. The molecule has 1 saturated heterocycles. The van der Waals surface area contributed by atoms with Gasteiger partial charge in [-0.05, 0) is 48.6 Å². The molecule has 3 aromatic carbocycles. The zero-order valence-corrected chi connectivity index (χ0v) is 19.3. The average Bonchev–Trinajstić information content (AvgIpc) is 3.13. The van der Waals surface area contributed by atoms with Crippen LogP contribution in [0.1, 0.15) is 39.9 Å². The van der Waals surface area contributed by atoms with Gasteiger partial charge >= 0.3 is 0 Å². The molecule has 3 aromatic rings. The molecule has 1 heterocycles. The van der Waals surface area contributed by atoms with Crippen LogP contribution < -0.4 is 10.6 Å². The van der Waals surface area contributed by atoms with E-state index in [1.807, 2.05) is 61.5 Å². The number of carbonyl (C=O) groups is 2. The van der Waals surface area contributed by atoms with E-state index >= 15 is 0 Å². The van der Waals surface area contributed by atoms with Gasteiger partial charge in [-0.15, -0.1) is 0 Å². The lowest BCUT2D eigenvalue weighted by Gasteiger charge is -2.33. The second-order valence-corrected chi connectivity index (χ2v) is 9.15. The molecule has 0 atom stereocenters. The number of amides is 1. The van der Waals surface area contributed by atoms with Crippen LogP contribution >= 0.6 is 0 Å². The van der Waals surface area contributed by atoms with Crippen molar-refractivity contribution in [2.45, 2.75) is 32.4 Å². The second kappa shape index (κ2) is 9.41. The molecule has 34 heavy (non-hydrogen) atoms. The number of carbonyl (C=O) groups excluding carboxylic acids is 2. The highest BCUT2D eigenvalue weighted by molar-refractivity contribution is 6.22. The maximum Gasteiger partial charge on any atom is 0.238 e. The Hall–Kier alpha value is -3.48. The van der Waals surface area contributed by atoms with Gasteiger partial charge in [0.25, 0.3) is 0 Å². The molecule has 6 nitrogen and oxygen atoms in total. The van der Waals surface area contributed by atoms with Gasteiger partial charge in [0.2, 0.25) is 5.91 Å². The van der Waals surface area contributed by atoms with Gasteiger partial charge in [-0.2, -0.15) is 0 Å². The molecule has 0 spiro atoms. The van der Waals surface area contributed by atoms with Gasteiger partial charge in [0.1, 0.15) is 0 Å². The minimum absolute atomic E-state index is 0.00859. The van der Waals surface area contributed by atoms with E-state index in [0.717, 1.165) is 53.9 Å². The van der Waals surface area contributed by atoms with Crippen molar-refractivity contribution in [2.24, 2.45) is 0 Å². The third-order valence-electron chi connectivity index (χ3n) is 6.84.